The van der Waals surface area contributed by atoms with Crippen LogP contribution < -0.4 is 4.90 Å². The molecule has 9 aromatic rings. The van der Waals surface area contributed by atoms with Crippen LogP contribution in [0.3, 0.4) is 0 Å². The van der Waals surface area contributed by atoms with Gasteiger partial charge in [0.15, 0.2) is 0 Å². The molecule has 0 fully saturated rings. The van der Waals surface area contributed by atoms with Crippen LogP contribution >= 0.6 is 0 Å². The smallest absolute Gasteiger partial charge is 0.143 e. The molecule has 3 aliphatic rings. The molecule has 0 amide bonds. The Morgan fingerprint density at radius 1 is 0.390 bits per heavy atom. The van der Waals surface area contributed by atoms with Gasteiger partial charge in [-0.2, -0.15) is 0 Å². The van der Waals surface area contributed by atoms with Crippen LogP contribution in [-0.2, 0) is 16.2 Å². The molecule has 0 spiro atoms. The van der Waals surface area contributed by atoms with Crippen molar-refractivity contribution >= 4 is 39.0 Å². The molecule has 0 unspecified atom stereocenters. The molecule has 1 aromatic heterocycles. The van der Waals surface area contributed by atoms with Crippen LogP contribution in [-0.4, -0.2) is 0 Å². The molecular formula is C57H45NO. The van der Waals surface area contributed by atoms with Gasteiger partial charge in [-0.05, 0) is 115 Å². The predicted molar refractivity (Wildman–Crippen MR) is 247 cm³/mol. The number of hydrogen-bond acceptors (Lipinski definition) is 2. The van der Waals surface area contributed by atoms with Gasteiger partial charge in [-0.3, -0.25) is 0 Å². The number of furan rings is 1. The van der Waals surface area contributed by atoms with Crippen LogP contribution in [0.25, 0.3) is 66.4 Å². The van der Waals surface area contributed by atoms with Crippen LogP contribution in [0.5, 0.6) is 0 Å². The molecule has 2 heteroatoms. The van der Waals surface area contributed by atoms with Crippen molar-refractivity contribution in [3.05, 3.63) is 197 Å². The zero-order chi connectivity index (χ0) is 40.0. The molecule has 0 atom stereocenters. The first-order valence-corrected chi connectivity index (χ1v) is 21.0. The van der Waals surface area contributed by atoms with Crippen LogP contribution in [0.1, 0.15) is 74.9 Å². The van der Waals surface area contributed by atoms with Gasteiger partial charge < -0.3 is 9.32 Å². The minimum atomic E-state index is -0.140. The second-order valence-electron chi connectivity index (χ2n) is 18.5. The minimum Gasteiger partial charge on any atom is -0.455 e. The Kier molecular flexibility index (Phi) is 6.84. The molecule has 59 heavy (non-hydrogen) atoms. The summed E-state index contributed by atoms with van der Waals surface area (Å²) in [6.45, 7) is 14.1. The average molecular weight is 760 g/mol. The summed E-state index contributed by atoms with van der Waals surface area (Å²) < 4.78 is 7.01. The summed E-state index contributed by atoms with van der Waals surface area (Å²) in [6.07, 6.45) is 0. The van der Waals surface area contributed by atoms with Crippen molar-refractivity contribution in [2.45, 2.75) is 57.8 Å². The molecule has 8 aromatic carbocycles. The number of rotatable bonds is 4. The molecule has 0 saturated carbocycles. The van der Waals surface area contributed by atoms with Gasteiger partial charge >= 0.3 is 0 Å². The predicted octanol–water partition coefficient (Wildman–Crippen LogP) is 15.6. The zero-order valence-corrected chi connectivity index (χ0v) is 34.4. The molecule has 0 aliphatic heterocycles. The van der Waals surface area contributed by atoms with Crippen molar-refractivity contribution in [3.63, 3.8) is 0 Å². The zero-order valence-electron chi connectivity index (χ0n) is 34.4. The first-order valence-electron chi connectivity index (χ1n) is 21.0. The Balaban J connectivity index is 1.08. The first-order chi connectivity index (χ1) is 28.5. The molecule has 0 N–H and O–H groups in total. The second-order valence-corrected chi connectivity index (χ2v) is 18.5. The molecule has 2 nitrogen and oxygen atoms in total. The SMILES string of the molecule is CC1(C)c2ccccc2-c2ccc(-c3cccc(N(c4ccc5c(c4)C(C)(C)c4ccccc4-5)c4cccc5oc6c7c(ccc6c45)C(C)(C)c4ccccc4-7)c3)cc21. The lowest BCUT2D eigenvalue weighted by atomic mass is 9.81. The van der Waals surface area contributed by atoms with Gasteiger partial charge in [0.05, 0.1) is 11.1 Å². The van der Waals surface area contributed by atoms with Gasteiger partial charge in [-0.1, -0.05) is 163 Å². The molecule has 1 heterocycles. The standard InChI is InChI=1S/C57H45NO/c1-55(2)46-22-12-9-19-42(46)52-47(55)30-29-43-53-50(23-14-24-51(53)59-54(43)52)58(37-26-28-41-39-18-8-11-21-45(39)57(5,6)49(41)33-37)36-16-13-15-34(31-36)35-25-27-40-38-17-7-10-20-44(38)56(3,4)48(40)32-35/h7-33H,1-6H3. The third kappa shape index (κ3) is 4.58. The Labute approximate surface area is 346 Å². The van der Waals surface area contributed by atoms with E-state index in [9.17, 15) is 0 Å². The number of benzene rings is 8. The highest BCUT2D eigenvalue weighted by molar-refractivity contribution is 6.17. The van der Waals surface area contributed by atoms with Gasteiger partial charge in [0, 0.05) is 38.6 Å². The number of anilines is 3. The van der Waals surface area contributed by atoms with E-state index in [0.29, 0.717) is 0 Å². The van der Waals surface area contributed by atoms with E-state index in [1.165, 1.54) is 77.9 Å². The fraction of sp³-hybridized carbons (Fsp3) is 0.158. The summed E-state index contributed by atoms with van der Waals surface area (Å²) in [5.41, 5.74) is 23.3. The van der Waals surface area contributed by atoms with E-state index in [2.05, 4.69) is 210 Å². The van der Waals surface area contributed by atoms with Crippen molar-refractivity contribution in [2.24, 2.45) is 0 Å². The summed E-state index contributed by atoms with van der Waals surface area (Å²) in [7, 11) is 0. The fourth-order valence-corrected chi connectivity index (χ4v) is 11.2. The van der Waals surface area contributed by atoms with E-state index >= 15 is 0 Å². The lowest BCUT2D eigenvalue weighted by molar-refractivity contribution is 0.653. The third-order valence-corrected chi connectivity index (χ3v) is 14.3. The molecule has 12 rings (SSSR count). The van der Waals surface area contributed by atoms with Gasteiger partial charge in [0.25, 0.3) is 0 Å². The molecule has 0 saturated heterocycles. The highest BCUT2D eigenvalue weighted by Gasteiger charge is 2.39. The summed E-state index contributed by atoms with van der Waals surface area (Å²) in [4.78, 5) is 2.47. The number of nitrogens with zero attached hydrogens (tertiary/aromatic N) is 1. The van der Waals surface area contributed by atoms with Crippen molar-refractivity contribution < 1.29 is 4.42 Å². The van der Waals surface area contributed by atoms with Crippen LogP contribution in [0, 0.1) is 0 Å². The van der Waals surface area contributed by atoms with E-state index in [4.69, 9.17) is 4.42 Å². The topological polar surface area (TPSA) is 16.4 Å². The van der Waals surface area contributed by atoms with Crippen LogP contribution in [0.15, 0.2) is 168 Å². The van der Waals surface area contributed by atoms with Gasteiger partial charge in [-0.15, -0.1) is 0 Å². The largest absolute Gasteiger partial charge is 0.455 e. The Hall–Kier alpha value is -6.64. The van der Waals surface area contributed by atoms with E-state index in [1.54, 1.807) is 0 Å². The summed E-state index contributed by atoms with van der Waals surface area (Å²) in [5.74, 6) is 0. The summed E-state index contributed by atoms with van der Waals surface area (Å²) in [5, 5.41) is 2.26. The lowest BCUT2D eigenvalue weighted by Gasteiger charge is -2.29. The van der Waals surface area contributed by atoms with Crippen LogP contribution in [0.2, 0.25) is 0 Å². The Morgan fingerprint density at radius 3 is 1.64 bits per heavy atom. The Morgan fingerprint density at radius 2 is 0.932 bits per heavy atom. The highest BCUT2D eigenvalue weighted by Crippen LogP contribution is 2.56. The van der Waals surface area contributed by atoms with Crippen molar-refractivity contribution in [2.75, 3.05) is 4.90 Å². The maximum Gasteiger partial charge on any atom is 0.143 e. The summed E-state index contributed by atoms with van der Waals surface area (Å²) in [6, 6.07) is 61.1. The minimum absolute atomic E-state index is 0.0751. The van der Waals surface area contributed by atoms with Crippen molar-refractivity contribution in [1.82, 2.24) is 0 Å². The van der Waals surface area contributed by atoms with E-state index in [1.807, 2.05) is 0 Å². The quantitative estimate of drug-likeness (QED) is 0.178. The Bertz CT molecular complexity index is 3260. The van der Waals surface area contributed by atoms with Gasteiger partial charge in [0.2, 0.25) is 0 Å². The van der Waals surface area contributed by atoms with Gasteiger partial charge in [0.1, 0.15) is 11.2 Å². The monoisotopic (exact) mass is 759 g/mol. The maximum atomic E-state index is 7.01. The maximum absolute atomic E-state index is 7.01. The third-order valence-electron chi connectivity index (χ3n) is 14.3. The normalized spacial score (nSPS) is 15.7. The van der Waals surface area contributed by atoms with Crippen LogP contribution in [0.4, 0.5) is 17.1 Å². The average Bonchev–Trinajstić information content (AvgIpc) is 3.90. The van der Waals surface area contributed by atoms with E-state index < -0.39 is 0 Å². The first kappa shape index (κ1) is 34.4. The summed E-state index contributed by atoms with van der Waals surface area (Å²) >= 11 is 0. The second kappa shape index (κ2) is 11.7. The van der Waals surface area contributed by atoms with Crippen molar-refractivity contribution in [1.29, 1.82) is 0 Å². The number of hydrogen-bond donors (Lipinski definition) is 0. The lowest BCUT2D eigenvalue weighted by Crippen LogP contribution is -2.16. The highest BCUT2D eigenvalue weighted by atomic mass is 16.3. The van der Waals surface area contributed by atoms with Crippen molar-refractivity contribution in [3.8, 4) is 44.5 Å². The van der Waals surface area contributed by atoms with E-state index in [0.717, 1.165) is 39.0 Å². The molecule has 0 bridgehead atoms. The molecule has 284 valence electrons. The fourth-order valence-electron chi connectivity index (χ4n) is 11.2. The molecule has 0 radical (unpaired) electrons. The number of fused-ring (bicyclic) bond motifs is 13. The van der Waals surface area contributed by atoms with Gasteiger partial charge in [-0.25, -0.2) is 0 Å². The molecule has 3 aliphatic carbocycles. The van der Waals surface area contributed by atoms with E-state index in [-0.39, 0.29) is 16.2 Å². The molecular weight excluding hydrogens is 715 g/mol.